The molecule has 11 N–H and O–H groups in total. The highest BCUT2D eigenvalue weighted by atomic mass is 32.2. The highest BCUT2D eigenvalue weighted by molar-refractivity contribution is 7.98. The Morgan fingerprint density at radius 3 is 1.83 bits per heavy atom. The van der Waals surface area contributed by atoms with Crippen molar-refractivity contribution < 1.29 is 48.9 Å². The second-order valence-corrected chi connectivity index (χ2v) is 13.1. The molecule has 0 radical (unpaired) electrons. The molecule has 1 saturated heterocycles. The minimum Gasteiger partial charge on any atom is -0.480 e. The van der Waals surface area contributed by atoms with Crippen molar-refractivity contribution in [3.8, 4) is 0 Å². The smallest absolute Gasteiger partial charge is 0.326 e. The maximum absolute atomic E-state index is 13.4. The first-order valence-electron chi connectivity index (χ1n) is 15.5. The van der Waals surface area contributed by atoms with Crippen molar-refractivity contribution in [2.75, 3.05) is 18.6 Å². The highest BCUT2D eigenvalue weighted by Gasteiger charge is 2.39. The van der Waals surface area contributed by atoms with E-state index in [1.807, 2.05) is 6.26 Å². The summed E-state index contributed by atoms with van der Waals surface area (Å²) in [5.41, 5.74) is 11.1. The van der Waals surface area contributed by atoms with Crippen LogP contribution in [0.3, 0.4) is 0 Å². The van der Waals surface area contributed by atoms with Crippen LogP contribution < -0.4 is 32.7 Å². The predicted octanol–water partition coefficient (Wildman–Crippen LogP) is -2.85. The zero-order valence-electron chi connectivity index (χ0n) is 27.6. The molecule has 0 aromatic heterocycles. The fourth-order valence-electron chi connectivity index (χ4n) is 4.96. The third-order valence-electron chi connectivity index (χ3n) is 7.55. The first kappa shape index (κ1) is 41.5. The van der Waals surface area contributed by atoms with Gasteiger partial charge in [-0.1, -0.05) is 13.8 Å². The molecule has 0 aromatic carbocycles. The number of carboxylic acids is 1. The summed E-state index contributed by atoms with van der Waals surface area (Å²) in [6, 6.07) is -7.84. The van der Waals surface area contributed by atoms with Gasteiger partial charge in [0.15, 0.2) is 0 Å². The van der Waals surface area contributed by atoms with Gasteiger partial charge >= 0.3 is 5.97 Å². The van der Waals surface area contributed by atoms with E-state index in [0.29, 0.717) is 18.6 Å². The monoisotopic (exact) mass is 689 g/mol. The molecule has 8 atom stereocenters. The van der Waals surface area contributed by atoms with Gasteiger partial charge in [-0.3, -0.25) is 28.8 Å². The molecule has 0 saturated carbocycles. The number of primary amides is 1. The Morgan fingerprint density at radius 1 is 0.830 bits per heavy atom. The van der Waals surface area contributed by atoms with E-state index in [9.17, 15) is 48.9 Å². The fourth-order valence-corrected chi connectivity index (χ4v) is 5.45. The predicted molar refractivity (Wildman–Crippen MR) is 172 cm³/mol. The number of likely N-dealkylation sites (tertiary alicyclic amines) is 1. The maximum Gasteiger partial charge on any atom is 0.326 e. The summed E-state index contributed by atoms with van der Waals surface area (Å²) in [6.45, 7) is 6.13. The van der Waals surface area contributed by atoms with Crippen molar-refractivity contribution in [1.82, 2.24) is 26.2 Å². The molecule has 0 bridgehead atoms. The Morgan fingerprint density at radius 2 is 1.36 bits per heavy atom. The molecule has 1 heterocycles. The lowest BCUT2D eigenvalue weighted by Gasteiger charge is -2.30. The van der Waals surface area contributed by atoms with E-state index in [1.165, 1.54) is 25.6 Å². The molecule has 0 spiro atoms. The van der Waals surface area contributed by atoms with E-state index in [-0.39, 0.29) is 38.1 Å². The van der Waals surface area contributed by atoms with Crippen molar-refractivity contribution in [2.24, 2.45) is 17.4 Å². The molecule has 0 aromatic rings. The van der Waals surface area contributed by atoms with E-state index in [2.05, 4.69) is 21.3 Å². The standard InChI is InChI=1S/C29H51N7O10S/c1-14(2)13-19(33-27(43)22(15(3)37)34-24(40)17(30)10-12-47-5)25(41)35-23(16(4)38)26(42)32-18(8-9-21(31)39)28(44)36-11-6-7-20(36)29(45)46/h14-20,22-23,37-38H,6-13,30H2,1-5H3,(H2,31,39)(H,32,42)(H,33,43)(H,34,40)(H,35,41)(H,45,46)/t15-,16-,17+,18+,19+,20+,22+,23+/m1/s1. The molecule has 6 amide bonds. The van der Waals surface area contributed by atoms with E-state index >= 15 is 0 Å². The van der Waals surface area contributed by atoms with Crippen LogP contribution in [-0.2, 0) is 33.6 Å². The second-order valence-electron chi connectivity index (χ2n) is 12.1. The number of rotatable bonds is 20. The Bertz CT molecular complexity index is 1120. The van der Waals surface area contributed by atoms with Crippen LogP contribution >= 0.6 is 11.8 Å². The summed E-state index contributed by atoms with van der Waals surface area (Å²) >= 11 is 1.48. The van der Waals surface area contributed by atoms with Gasteiger partial charge in [0.1, 0.15) is 30.2 Å². The second kappa shape index (κ2) is 20.0. The van der Waals surface area contributed by atoms with Crippen LogP contribution in [0.5, 0.6) is 0 Å². The molecule has 17 nitrogen and oxygen atoms in total. The van der Waals surface area contributed by atoms with E-state index in [1.54, 1.807) is 13.8 Å². The van der Waals surface area contributed by atoms with Crippen LogP contribution in [0.25, 0.3) is 0 Å². The Balaban J connectivity index is 3.16. The zero-order valence-corrected chi connectivity index (χ0v) is 28.4. The van der Waals surface area contributed by atoms with E-state index < -0.39 is 89.9 Å². The lowest BCUT2D eigenvalue weighted by Crippen LogP contribution is -2.62. The maximum atomic E-state index is 13.4. The molecule has 0 unspecified atom stereocenters. The Hall–Kier alpha value is -3.48. The average Bonchev–Trinajstić information content (AvgIpc) is 3.48. The van der Waals surface area contributed by atoms with Crippen LogP contribution in [0, 0.1) is 5.92 Å². The molecular weight excluding hydrogens is 638 g/mol. The molecule has 1 aliphatic rings. The quantitative estimate of drug-likeness (QED) is 0.0625. The van der Waals surface area contributed by atoms with Crippen molar-refractivity contribution in [2.45, 2.75) is 115 Å². The Kier molecular flexibility index (Phi) is 17.7. The highest BCUT2D eigenvalue weighted by Crippen LogP contribution is 2.20. The largest absolute Gasteiger partial charge is 0.480 e. The number of nitrogens with zero attached hydrogens (tertiary/aromatic N) is 1. The number of aliphatic carboxylic acids is 1. The van der Waals surface area contributed by atoms with Gasteiger partial charge in [0.25, 0.3) is 0 Å². The third kappa shape index (κ3) is 13.6. The number of carbonyl (C=O) groups is 7. The van der Waals surface area contributed by atoms with Crippen molar-refractivity contribution >= 4 is 53.2 Å². The zero-order chi connectivity index (χ0) is 36.0. The fraction of sp³-hybridized carbons (Fsp3) is 0.759. The third-order valence-corrected chi connectivity index (χ3v) is 8.19. The van der Waals surface area contributed by atoms with Crippen LogP contribution in [0.1, 0.15) is 66.2 Å². The van der Waals surface area contributed by atoms with Crippen molar-refractivity contribution in [1.29, 1.82) is 0 Å². The normalized spacial score (nSPS) is 19.0. The average molecular weight is 690 g/mol. The molecule has 18 heteroatoms. The van der Waals surface area contributed by atoms with Crippen molar-refractivity contribution in [3.63, 3.8) is 0 Å². The summed E-state index contributed by atoms with van der Waals surface area (Å²) in [4.78, 5) is 90.1. The van der Waals surface area contributed by atoms with Crippen LogP contribution in [-0.4, -0.2) is 129 Å². The summed E-state index contributed by atoms with van der Waals surface area (Å²) in [7, 11) is 0. The Labute approximate surface area is 278 Å². The number of carbonyl (C=O) groups excluding carboxylic acids is 6. The SMILES string of the molecule is CSCC[C@H](N)C(=O)N[C@H](C(=O)N[C@@H](CC(C)C)C(=O)N[C@H](C(=O)N[C@@H](CCC(N)=O)C(=O)N1CCC[C@H]1C(=O)O)[C@@H](C)O)[C@@H](C)O. The molecule has 1 aliphatic heterocycles. The number of carboxylic acid groups (broad SMARTS) is 1. The first-order valence-corrected chi connectivity index (χ1v) is 16.9. The number of nitrogens with one attached hydrogen (secondary N) is 4. The minimum absolute atomic E-state index is 0.0602. The van der Waals surface area contributed by atoms with Gasteiger partial charge in [-0.15, -0.1) is 0 Å². The van der Waals surface area contributed by atoms with Crippen LogP contribution in [0.15, 0.2) is 0 Å². The number of hydrogen-bond donors (Lipinski definition) is 9. The number of aliphatic hydroxyl groups is 2. The molecule has 47 heavy (non-hydrogen) atoms. The minimum atomic E-state index is -1.64. The van der Waals surface area contributed by atoms with E-state index in [0.717, 1.165) is 4.90 Å². The first-order chi connectivity index (χ1) is 21.9. The van der Waals surface area contributed by atoms with Crippen molar-refractivity contribution in [3.05, 3.63) is 0 Å². The topological polar surface area (TPSA) is 284 Å². The molecule has 1 rings (SSSR count). The molecule has 0 aliphatic carbocycles. The summed E-state index contributed by atoms with van der Waals surface area (Å²) < 4.78 is 0. The van der Waals surface area contributed by atoms with Gasteiger partial charge < -0.3 is 53.0 Å². The number of thioether (sulfide) groups is 1. The van der Waals surface area contributed by atoms with Crippen LogP contribution in [0.4, 0.5) is 0 Å². The lowest BCUT2D eigenvalue weighted by atomic mass is 10.0. The van der Waals surface area contributed by atoms with E-state index in [4.69, 9.17) is 11.5 Å². The van der Waals surface area contributed by atoms with Crippen LogP contribution in [0.2, 0.25) is 0 Å². The lowest BCUT2D eigenvalue weighted by molar-refractivity contribution is -0.149. The molecular formula is C29H51N7O10S. The molecule has 268 valence electrons. The number of hydrogen-bond acceptors (Lipinski definition) is 11. The van der Waals surface area contributed by atoms with Gasteiger partial charge in [-0.2, -0.15) is 11.8 Å². The van der Waals surface area contributed by atoms with Gasteiger partial charge in [0.05, 0.1) is 18.2 Å². The van der Waals surface area contributed by atoms with Gasteiger partial charge in [0.2, 0.25) is 35.4 Å². The number of nitrogens with two attached hydrogens (primary N) is 2. The number of amides is 6. The molecule has 1 fully saturated rings. The van der Waals surface area contributed by atoms with Gasteiger partial charge in [0, 0.05) is 13.0 Å². The summed E-state index contributed by atoms with van der Waals surface area (Å²) in [5, 5.41) is 39.9. The van der Waals surface area contributed by atoms with Gasteiger partial charge in [-0.05, 0) is 63.9 Å². The van der Waals surface area contributed by atoms with Gasteiger partial charge in [-0.25, -0.2) is 4.79 Å². The number of aliphatic hydroxyl groups excluding tert-OH is 2. The summed E-state index contributed by atoms with van der Waals surface area (Å²) in [5.74, 6) is -5.77. The summed E-state index contributed by atoms with van der Waals surface area (Å²) in [6.07, 6.45) is -0.600.